The van der Waals surface area contributed by atoms with Gasteiger partial charge in [-0.25, -0.2) is 0 Å². The van der Waals surface area contributed by atoms with Gasteiger partial charge in [-0.05, 0) is 53.3 Å². The van der Waals surface area contributed by atoms with Crippen LogP contribution in [0.5, 0.6) is 5.75 Å². The molecule has 3 aromatic carbocycles. The molecule has 1 aliphatic heterocycles. The number of aliphatic hydroxyl groups is 1. The predicted molar refractivity (Wildman–Crippen MR) is 139 cm³/mol. The molecule has 6 heteroatoms. The number of methoxy groups -OCH3 is 1. The van der Waals surface area contributed by atoms with Gasteiger partial charge in [0.15, 0.2) is 0 Å². The van der Waals surface area contributed by atoms with Crippen molar-refractivity contribution >= 4 is 34.7 Å². The second-order valence-electron chi connectivity index (χ2n) is 9.66. The Hall–Kier alpha value is -3.57. The number of hydrogen-bond acceptors (Lipinski definition) is 4. The zero-order valence-electron chi connectivity index (χ0n) is 20.4. The van der Waals surface area contributed by atoms with E-state index in [-0.39, 0.29) is 16.7 Å². The molecule has 0 aromatic heterocycles. The number of carbonyl (C=O) groups excluding carboxylic acids is 2. The Kier molecular flexibility index (Phi) is 6.48. The highest BCUT2D eigenvalue weighted by Gasteiger charge is 2.47. The normalized spacial score (nSPS) is 17.7. The van der Waals surface area contributed by atoms with Gasteiger partial charge >= 0.3 is 0 Å². The summed E-state index contributed by atoms with van der Waals surface area (Å²) in [6.45, 7) is 8.16. The molecule has 0 spiro atoms. The van der Waals surface area contributed by atoms with Gasteiger partial charge in [0.25, 0.3) is 11.7 Å². The first kappa shape index (κ1) is 24.6. The molecule has 1 atom stereocenters. The summed E-state index contributed by atoms with van der Waals surface area (Å²) in [4.78, 5) is 28.2. The Labute approximate surface area is 210 Å². The summed E-state index contributed by atoms with van der Waals surface area (Å²) in [7, 11) is 1.52. The summed E-state index contributed by atoms with van der Waals surface area (Å²) >= 11 is 6.37. The molecule has 35 heavy (non-hydrogen) atoms. The monoisotopic (exact) mass is 489 g/mol. The molecule has 180 valence electrons. The van der Waals surface area contributed by atoms with Gasteiger partial charge in [-0.1, -0.05) is 74.8 Å². The van der Waals surface area contributed by atoms with Crippen LogP contribution in [0, 0.1) is 6.92 Å². The van der Waals surface area contributed by atoms with Crippen LogP contribution in [0.25, 0.3) is 5.76 Å². The second kappa shape index (κ2) is 9.23. The van der Waals surface area contributed by atoms with Crippen LogP contribution in [-0.4, -0.2) is 23.9 Å². The van der Waals surface area contributed by atoms with Crippen molar-refractivity contribution in [3.05, 3.63) is 99.6 Å². The minimum absolute atomic E-state index is 0.0196. The summed E-state index contributed by atoms with van der Waals surface area (Å²) in [5.41, 5.74) is 3.37. The van der Waals surface area contributed by atoms with Gasteiger partial charge in [-0.15, -0.1) is 0 Å². The fourth-order valence-electron chi connectivity index (χ4n) is 4.34. The summed E-state index contributed by atoms with van der Waals surface area (Å²) in [6.07, 6.45) is 0. The van der Waals surface area contributed by atoms with Crippen LogP contribution >= 0.6 is 11.6 Å². The average Bonchev–Trinajstić information content (AvgIpc) is 3.10. The molecule has 0 bridgehead atoms. The van der Waals surface area contributed by atoms with Crippen LogP contribution in [0.2, 0.25) is 5.02 Å². The molecule has 0 aliphatic carbocycles. The molecule has 3 aromatic rings. The highest BCUT2D eigenvalue weighted by atomic mass is 35.5. The predicted octanol–water partition coefficient (Wildman–Crippen LogP) is 6.58. The van der Waals surface area contributed by atoms with Crippen molar-refractivity contribution in [3.8, 4) is 5.75 Å². The first-order valence-corrected chi connectivity index (χ1v) is 11.7. The van der Waals surface area contributed by atoms with E-state index in [1.165, 1.54) is 12.0 Å². The quantitative estimate of drug-likeness (QED) is 0.255. The Morgan fingerprint density at radius 3 is 2.29 bits per heavy atom. The number of ether oxygens (including phenoxy) is 1. The lowest BCUT2D eigenvalue weighted by Crippen LogP contribution is -2.30. The molecule has 1 saturated heterocycles. The van der Waals surface area contributed by atoms with Gasteiger partial charge in [0, 0.05) is 16.3 Å². The number of Topliss-reactive ketones (excluding diaryl/α,β-unsaturated/α-hetero) is 1. The topological polar surface area (TPSA) is 66.8 Å². The van der Waals surface area contributed by atoms with Gasteiger partial charge in [0.1, 0.15) is 11.5 Å². The Balaban J connectivity index is 1.96. The Morgan fingerprint density at radius 1 is 1.00 bits per heavy atom. The minimum atomic E-state index is -0.826. The average molecular weight is 490 g/mol. The first-order valence-electron chi connectivity index (χ1n) is 11.4. The molecule has 1 fully saturated rings. The van der Waals surface area contributed by atoms with Crippen LogP contribution in [0.3, 0.4) is 0 Å². The highest BCUT2D eigenvalue weighted by Crippen LogP contribution is 2.44. The first-order chi connectivity index (χ1) is 16.5. The lowest BCUT2D eigenvalue weighted by atomic mass is 9.85. The maximum Gasteiger partial charge on any atom is 0.300 e. The molecule has 1 aliphatic rings. The molecule has 1 unspecified atom stereocenters. The zero-order valence-corrected chi connectivity index (χ0v) is 21.2. The third-order valence-electron chi connectivity index (χ3n) is 6.38. The van der Waals surface area contributed by atoms with E-state index < -0.39 is 17.7 Å². The van der Waals surface area contributed by atoms with E-state index in [0.717, 1.165) is 5.56 Å². The van der Waals surface area contributed by atoms with Crippen LogP contribution < -0.4 is 9.64 Å². The third kappa shape index (κ3) is 4.44. The highest BCUT2D eigenvalue weighted by molar-refractivity contribution is 6.52. The molecule has 0 radical (unpaired) electrons. The van der Waals surface area contributed by atoms with Gasteiger partial charge < -0.3 is 9.84 Å². The van der Waals surface area contributed by atoms with Gasteiger partial charge in [-0.2, -0.15) is 0 Å². The standard InChI is InChI=1S/C29H28ClNO4/c1-17-22(30)10-7-11-23(17)31-25(18-12-14-20(15-13-18)29(2,3)4)24(27(33)28(31)34)26(32)19-8-6-9-21(16-19)35-5/h6-16,25,32H,1-5H3/b26-24+. The number of halogens is 1. The Bertz CT molecular complexity index is 1340. The Morgan fingerprint density at radius 2 is 1.66 bits per heavy atom. The fourth-order valence-corrected chi connectivity index (χ4v) is 4.51. The number of nitrogens with zero attached hydrogens (tertiary/aromatic N) is 1. The number of aliphatic hydroxyl groups excluding tert-OH is 1. The van der Waals surface area contributed by atoms with E-state index in [1.54, 1.807) is 49.4 Å². The summed E-state index contributed by atoms with van der Waals surface area (Å²) in [5, 5.41) is 11.8. The van der Waals surface area contributed by atoms with Crippen molar-refractivity contribution in [3.63, 3.8) is 0 Å². The van der Waals surface area contributed by atoms with E-state index in [4.69, 9.17) is 16.3 Å². The summed E-state index contributed by atoms with van der Waals surface area (Å²) in [6, 6.07) is 19.0. The smallest absolute Gasteiger partial charge is 0.300 e. The third-order valence-corrected chi connectivity index (χ3v) is 6.79. The number of hydrogen-bond donors (Lipinski definition) is 1. The number of carbonyl (C=O) groups is 2. The van der Waals surface area contributed by atoms with Crippen LogP contribution in [-0.2, 0) is 15.0 Å². The molecular formula is C29H28ClNO4. The molecular weight excluding hydrogens is 462 g/mol. The van der Waals surface area contributed by atoms with E-state index in [1.807, 2.05) is 24.3 Å². The number of ketones is 1. The number of amides is 1. The van der Waals surface area contributed by atoms with Gasteiger partial charge in [-0.3, -0.25) is 14.5 Å². The molecule has 1 N–H and O–H groups in total. The lowest BCUT2D eigenvalue weighted by molar-refractivity contribution is -0.132. The number of benzene rings is 3. The van der Waals surface area contributed by atoms with Crippen LogP contribution in [0.4, 0.5) is 5.69 Å². The SMILES string of the molecule is COc1cccc(/C(O)=C2\C(=O)C(=O)N(c3cccc(Cl)c3C)C2c2ccc(C(C)(C)C)cc2)c1. The van der Waals surface area contributed by atoms with Crippen molar-refractivity contribution in [2.24, 2.45) is 0 Å². The van der Waals surface area contributed by atoms with Gasteiger partial charge in [0.2, 0.25) is 0 Å². The van der Waals surface area contributed by atoms with Crippen molar-refractivity contribution in [2.75, 3.05) is 12.0 Å². The molecule has 5 nitrogen and oxygen atoms in total. The molecule has 0 saturated carbocycles. The van der Waals surface area contributed by atoms with Crippen molar-refractivity contribution in [1.82, 2.24) is 0 Å². The largest absolute Gasteiger partial charge is 0.507 e. The summed E-state index contributed by atoms with van der Waals surface area (Å²) in [5.74, 6) is -1.20. The van der Waals surface area contributed by atoms with Crippen LogP contribution in [0.15, 0.2) is 72.3 Å². The minimum Gasteiger partial charge on any atom is -0.507 e. The molecule has 4 rings (SSSR count). The number of rotatable bonds is 4. The molecule has 1 heterocycles. The fraction of sp³-hybridized carbons (Fsp3) is 0.241. The number of anilines is 1. The van der Waals surface area contributed by atoms with Crippen LogP contribution in [0.1, 0.15) is 49.1 Å². The maximum absolute atomic E-state index is 13.4. The molecule has 1 amide bonds. The van der Waals surface area contributed by atoms with Gasteiger partial charge in [0.05, 0.1) is 18.7 Å². The van der Waals surface area contributed by atoms with E-state index >= 15 is 0 Å². The maximum atomic E-state index is 13.4. The van der Waals surface area contributed by atoms with Crippen molar-refractivity contribution < 1.29 is 19.4 Å². The van der Waals surface area contributed by atoms with E-state index in [9.17, 15) is 14.7 Å². The lowest BCUT2D eigenvalue weighted by Gasteiger charge is -2.28. The van der Waals surface area contributed by atoms with Crippen molar-refractivity contribution in [2.45, 2.75) is 39.2 Å². The van der Waals surface area contributed by atoms with Crippen molar-refractivity contribution in [1.29, 1.82) is 0 Å². The second-order valence-corrected chi connectivity index (χ2v) is 10.1. The zero-order chi connectivity index (χ0) is 25.5. The summed E-state index contributed by atoms with van der Waals surface area (Å²) < 4.78 is 5.28. The van der Waals surface area contributed by atoms with E-state index in [2.05, 4.69) is 20.8 Å². The van der Waals surface area contributed by atoms with E-state index in [0.29, 0.717) is 33.1 Å².